The summed E-state index contributed by atoms with van der Waals surface area (Å²) in [5.74, 6) is 0.466. The van der Waals surface area contributed by atoms with Gasteiger partial charge in [-0.25, -0.2) is 4.98 Å². The minimum absolute atomic E-state index is 0.0626. The molecule has 15 heavy (non-hydrogen) atoms. The van der Waals surface area contributed by atoms with Gasteiger partial charge in [-0.2, -0.15) is 0 Å². The molecular formula is C10H17N3O2. The predicted molar refractivity (Wildman–Crippen MR) is 55.9 cm³/mol. The molecule has 1 heterocycles. The number of amides is 1. The Kier molecular flexibility index (Phi) is 3.85. The van der Waals surface area contributed by atoms with Crippen LogP contribution in [0.2, 0.25) is 0 Å². The Morgan fingerprint density at radius 2 is 2.33 bits per heavy atom. The maximum absolute atomic E-state index is 11.5. The Hall–Kier alpha value is -1.36. The Morgan fingerprint density at radius 3 is 2.80 bits per heavy atom. The lowest BCUT2D eigenvalue weighted by atomic mass is 10.0. The van der Waals surface area contributed by atoms with Crippen LogP contribution >= 0.6 is 0 Å². The number of nitrogens with zero attached hydrogens (tertiary/aromatic N) is 1. The van der Waals surface area contributed by atoms with Crippen LogP contribution in [0.1, 0.15) is 25.3 Å². The summed E-state index contributed by atoms with van der Waals surface area (Å²) >= 11 is 0. The van der Waals surface area contributed by atoms with Crippen LogP contribution in [0.15, 0.2) is 10.8 Å². The summed E-state index contributed by atoms with van der Waals surface area (Å²) in [5, 5.41) is 2.77. The molecule has 2 unspecified atom stereocenters. The van der Waals surface area contributed by atoms with Crippen molar-refractivity contribution in [3.8, 4) is 0 Å². The summed E-state index contributed by atoms with van der Waals surface area (Å²) in [5.41, 5.74) is 6.37. The number of rotatable bonds is 4. The average Bonchev–Trinajstić information content (AvgIpc) is 2.59. The van der Waals surface area contributed by atoms with Crippen LogP contribution in [0.3, 0.4) is 0 Å². The second-order valence-electron chi connectivity index (χ2n) is 3.72. The zero-order valence-electron chi connectivity index (χ0n) is 9.28. The summed E-state index contributed by atoms with van der Waals surface area (Å²) in [6.45, 7) is 5.81. The van der Waals surface area contributed by atoms with Gasteiger partial charge in [0.05, 0.1) is 6.54 Å². The van der Waals surface area contributed by atoms with E-state index < -0.39 is 0 Å². The van der Waals surface area contributed by atoms with E-state index in [1.54, 1.807) is 6.92 Å². The first-order valence-corrected chi connectivity index (χ1v) is 4.94. The van der Waals surface area contributed by atoms with Gasteiger partial charge in [-0.15, -0.1) is 0 Å². The number of aryl methyl sites for hydroxylation is 1. The van der Waals surface area contributed by atoms with E-state index in [1.807, 2.05) is 13.8 Å². The molecule has 2 atom stereocenters. The highest BCUT2D eigenvalue weighted by Crippen LogP contribution is 2.05. The predicted octanol–water partition coefficient (Wildman–Crippen LogP) is 0.583. The molecule has 0 aromatic carbocycles. The minimum atomic E-state index is -0.197. The first-order valence-electron chi connectivity index (χ1n) is 4.94. The molecule has 1 rings (SSSR count). The highest BCUT2D eigenvalue weighted by molar-refractivity contribution is 5.78. The third-order valence-corrected chi connectivity index (χ3v) is 2.48. The quantitative estimate of drug-likeness (QED) is 0.763. The molecule has 1 aromatic rings. The summed E-state index contributed by atoms with van der Waals surface area (Å²) < 4.78 is 5.02. The zero-order chi connectivity index (χ0) is 11.4. The molecule has 0 saturated carbocycles. The largest absolute Gasteiger partial charge is 0.448 e. The Labute approximate surface area is 89.1 Å². The zero-order valence-corrected chi connectivity index (χ0v) is 9.28. The number of carbonyl (C=O) groups excluding carboxylic acids is 1. The van der Waals surface area contributed by atoms with Crippen molar-refractivity contribution in [2.75, 3.05) is 0 Å². The molecule has 0 spiro atoms. The fourth-order valence-electron chi connectivity index (χ4n) is 1.07. The van der Waals surface area contributed by atoms with E-state index in [0.29, 0.717) is 6.54 Å². The SMILES string of the molecule is Cc1ocnc1CNC(=O)C(C)C(C)N. The topological polar surface area (TPSA) is 81.2 Å². The third-order valence-electron chi connectivity index (χ3n) is 2.48. The minimum Gasteiger partial charge on any atom is -0.448 e. The molecule has 5 nitrogen and oxygen atoms in total. The van der Waals surface area contributed by atoms with Crippen molar-refractivity contribution in [1.82, 2.24) is 10.3 Å². The summed E-state index contributed by atoms with van der Waals surface area (Å²) in [7, 11) is 0. The summed E-state index contributed by atoms with van der Waals surface area (Å²) in [6.07, 6.45) is 1.37. The van der Waals surface area contributed by atoms with Crippen LogP contribution in [0, 0.1) is 12.8 Å². The number of nitrogens with one attached hydrogen (secondary N) is 1. The van der Waals surface area contributed by atoms with E-state index in [9.17, 15) is 4.79 Å². The van der Waals surface area contributed by atoms with Gasteiger partial charge in [-0.05, 0) is 13.8 Å². The average molecular weight is 211 g/mol. The molecule has 0 aliphatic carbocycles. The fourth-order valence-corrected chi connectivity index (χ4v) is 1.07. The van der Waals surface area contributed by atoms with Crippen molar-refractivity contribution in [2.45, 2.75) is 33.4 Å². The molecule has 0 aliphatic rings. The van der Waals surface area contributed by atoms with Gasteiger partial charge in [0.25, 0.3) is 0 Å². The molecule has 0 aliphatic heterocycles. The maximum Gasteiger partial charge on any atom is 0.224 e. The lowest BCUT2D eigenvalue weighted by Crippen LogP contribution is -2.38. The lowest BCUT2D eigenvalue weighted by Gasteiger charge is -2.14. The van der Waals surface area contributed by atoms with Crippen LogP contribution in [0.25, 0.3) is 0 Å². The van der Waals surface area contributed by atoms with Gasteiger partial charge >= 0.3 is 0 Å². The number of hydrogen-bond acceptors (Lipinski definition) is 4. The number of nitrogens with two attached hydrogens (primary N) is 1. The standard InChI is InChI=1S/C10H17N3O2/c1-6(7(2)11)10(14)12-4-9-8(3)15-5-13-9/h5-7H,4,11H2,1-3H3,(H,12,14). The van der Waals surface area contributed by atoms with E-state index in [0.717, 1.165) is 11.5 Å². The highest BCUT2D eigenvalue weighted by atomic mass is 16.3. The summed E-state index contributed by atoms with van der Waals surface area (Å²) in [4.78, 5) is 15.5. The highest BCUT2D eigenvalue weighted by Gasteiger charge is 2.17. The molecule has 84 valence electrons. The molecule has 0 radical (unpaired) electrons. The van der Waals surface area contributed by atoms with Crippen LogP contribution < -0.4 is 11.1 Å². The first kappa shape index (κ1) is 11.7. The van der Waals surface area contributed by atoms with Crippen molar-refractivity contribution in [3.63, 3.8) is 0 Å². The van der Waals surface area contributed by atoms with Crippen molar-refractivity contribution in [2.24, 2.45) is 11.7 Å². The first-order chi connectivity index (χ1) is 7.02. The van der Waals surface area contributed by atoms with Crippen LogP contribution in [0.5, 0.6) is 0 Å². The van der Waals surface area contributed by atoms with E-state index in [1.165, 1.54) is 6.39 Å². The van der Waals surface area contributed by atoms with Gasteiger partial charge < -0.3 is 15.5 Å². The van der Waals surface area contributed by atoms with Crippen molar-refractivity contribution in [1.29, 1.82) is 0 Å². The second kappa shape index (κ2) is 4.93. The Morgan fingerprint density at radius 1 is 1.67 bits per heavy atom. The molecule has 0 saturated heterocycles. The molecule has 0 bridgehead atoms. The maximum atomic E-state index is 11.5. The normalized spacial score (nSPS) is 14.7. The molecule has 1 aromatic heterocycles. The Balaban J connectivity index is 2.44. The number of oxazole rings is 1. The number of hydrogen-bond donors (Lipinski definition) is 2. The van der Waals surface area contributed by atoms with Gasteiger partial charge in [0.1, 0.15) is 11.5 Å². The van der Waals surface area contributed by atoms with Gasteiger partial charge in [0.15, 0.2) is 6.39 Å². The molecule has 5 heteroatoms. The monoisotopic (exact) mass is 211 g/mol. The van der Waals surface area contributed by atoms with E-state index >= 15 is 0 Å². The molecule has 0 fully saturated rings. The van der Waals surface area contributed by atoms with Crippen molar-refractivity contribution in [3.05, 3.63) is 17.8 Å². The lowest BCUT2D eigenvalue weighted by molar-refractivity contribution is -0.125. The molecule has 1 amide bonds. The van der Waals surface area contributed by atoms with Crippen LogP contribution in [0.4, 0.5) is 0 Å². The van der Waals surface area contributed by atoms with Gasteiger partial charge in [0.2, 0.25) is 5.91 Å². The van der Waals surface area contributed by atoms with Gasteiger partial charge in [0, 0.05) is 12.0 Å². The van der Waals surface area contributed by atoms with Gasteiger partial charge in [-0.1, -0.05) is 6.92 Å². The Bertz CT molecular complexity index is 333. The summed E-state index contributed by atoms with van der Waals surface area (Å²) in [6, 6.07) is -0.150. The number of carbonyl (C=O) groups is 1. The third kappa shape index (κ3) is 3.06. The molecular weight excluding hydrogens is 194 g/mol. The van der Waals surface area contributed by atoms with Crippen molar-refractivity contribution >= 4 is 5.91 Å². The molecule has 3 N–H and O–H groups in total. The van der Waals surface area contributed by atoms with Crippen LogP contribution in [-0.4, -0.2) is 16.9 Å². The van der Waals surface area contributed by atoms with E-state index in [4.69, 9.17) is 10.2 Å². The smallest absolute Gasteiger partial charge is 0.224 e. The van der Waals surface area contributed by atoms with Gasteiger partial charge in [-0.3, -0.25) is 4.79 Å². The van der Waals surface area contributed by atoms with Crippen LogP contribution in [-0.2, 0) is 11.3 Å². The number of aromatic nitrogens is 1. The van der Waals surface area contributed by atoms with E-state index in [-0.39, 0.29) is 17.9 Å². The van der Waals surface area contributed by atoms with Crippen molar-refractivity contribution < 1.29 is 9.21 Å². The fraction of sp³-hybridized carbons (Fsp3) is 0.600. The second-order valence-corrected chi connectivity index (χ2v) is 3.72. The van der Waals surface area contributed by atoms with E-state index in [2.05, 4.69) is 10.3 Å².